The molecule has 5 rings (SSSR count). The van der Waals surface area contributed by atoms with Crippen LogP contribution in [0.3, 0.4) is 0 Å². The SMILES string of the molecule is CCCCCCCCCCCCCCCCOc1ccc(C(=O)Oc2ccc(C(=O)Oc3cccc(OC(=O)c4ccc(OC(=O)c5ccc(OCCCCCCCCCCCCCCCC)cc5)cc4)c3C)cc2)cc1. The van der Waals surface area contributed by atoms with Crippen molar-refractivity contribution in [3.63, 3.8) is 0 Å². The average molecular weight is 1050 g/mol. The molecule has 0 atom stereocenters. The normalized spacial score (nSPS) is 11.0. The molecular weight excluding hydrogens is 965 g/mol. The molecule has 0 saturated carbocycles. The lowest BCUT2D eigenvalue weighted by atomic mass is 10.0. The highest BCUT2D eigenvalue weighted by atomic mass is 16.6. The summed E-state index contributed by atoms with van der Waals surface area (Å²) in [6, 6.07) is 30.7. The van der Waals surface area contributed by atoms with Gasteiger partial charge in [-0.25, -0.2) is 19.2 Å². The highest BCUT2D eigenvalue weighted by molar-refractivity contribution is 5.94. The summed E-state index contributed by atoms with van der Waals surface area (Å²) in [5, 5.41) is 0. The van der Waals surface area contributed by atoms with E-state index < -0.39 is 23.9 Å². The number of carbonyl (C=O) groups is 4. The Balaban J connectivity index is 0.940. The third kappa shape index (κ3) is 24.6. The first kappa shape index (κ1) is 61.4. The van der Waals surface area contributed by atoms with Crippen LogP contribution in [0.4, 0.5) is 0 Å². The van der Waals surface area contributed by atoms with Crippen molar-refractivity contribution in [3.05, 3.63) is 143 Å². The zero-order chi connectivity index (χ0) is 54.6. The number of esters is 4. The number of unbranched alkanes of at least 4 members (excludes halogenated alkanes) is 26. The molecular formula is C67H88O10. The van der Waals surface area contributed by atoms with E-state index in [0.717, 1.165) is 25.7 Å². The zero-order valence-electron chi connectivity index (χ0n) is 46.8. The van der Waals surface area contributed by atoms with Crippen molar-refractivity contribution in [2.45, 2.75) is 201 Å². The van der Waals surface area contributed by atoms with Gasteiger partial charge in [-0.15, -0.1) is 0 Å². The zero-order valence-corrected chi connectivity index (χ0v) is 46.8. The van der Waals surface area contributed by atoms with Gasteiger partial charge in [0.2, 0.25) is 0 Å². The van der Waals surface area contributed by atoms with Crippen LogP contribution in [-0.2, 0) is 0 Å². The van der Waals surface area contributed by atoms with Gasteiger partial charge in [0, 0.05) is 5.56 Å². The van der Waals surface area contributed by atoms with Crippen molar-refractivity contribution in [3.8, 4) is 34.5 Å². The van der Waals surface area contributed by atoms with E-state index in [1.807, 2.05) is 0 Å². The quantitative estimate of drug-likeness (QED) is 0.0213. The minimum atomic E-state index is -0.649. The summed E-state index contributed by atoms with van der Waals surface area (Å²) < 4.78 is 34.3. The van der Waals surface area contributed by atoms with E-state index in [0.29, 0.717) is 41.4 Å². The molecule has 0 aliphatic rings. The third-order valence-electron chi connectivity index (χ3n) is 14.0. The smallest absolute Gasteiger partial charge is 0.343 e. The van der Waals surface area contributed by atoms with Gasteiger partial charge in [-0.3, -0.25) is 0 Å². The monoisotopic (exact) mass is 1050 g/mol. The Morgan fingerprint density at radius 3 is 0.792 bits per heavy atom. The maximum absolute atomic E-state index is 13.2. The van der Waals surface area contributed by atoms with Gasteiger partial charge in [0.15, 0.2) is 0 Å². The Bertz CT molecular complexity index is 2260. The van der Waals surface area contributed by atoms with Crippen molar-refractivity contribution in [1.29, 1.82) is 0 Å². The minimum Gasteiger partial charge on any atom is -0.494 e. The van der Waals surface area contributed by atoms with Gasteiger partial charge in [-0.1, -0.05) is 187 Å². The van der Waals surface area contributed by atoms with E-state index in [9.17, 15) is 19.2 Å². The number of benzene rings is 5. The van der Waals surface area contributed by atoms with Gasteiger partial charge < -0.3 is 28.4 Å². The van der Waals surface area contributed by atoms with Gasteiger partial charge in [-0.2, -0.15) is 0 Å². The molecule has 0 bridgehead atoms. The topological polar surface area (TPSA) is 124 Å². The van der Waals surface area contributed by atoms with Gasteiger partial charge >= 0.3 is 23.9 Å². The summed E-state index contributed by atoms with van der Waals surface area (Å²) >= 11 is 0. The number of rotatable bonds is 40. The Morgan fingerprint density at radius 2 is 0.519 bits per heavy atom. The van der Waals surface area contributed by atoms with E-state index >= 15 is 0 Å². The van der Waals surface area contributed by atoms with E-state index in [1.54, 1.807) is 73.7 Å². The molecule has 0 aliphatic carbocycles. The molecule has 10 nitrogen and oxygen atoms in total. The molecule has 0 heterocycles. The minimum absolute atomic E-state index is 0.203. The van der Waals surface area contributed by atoms with Crippen LogP contribution in [0.1, 0.15) is 241 Å². The van der Waals surface area contributed by atoms with Crippen molar-refractivity contribution in [2.24, 2.45) is 0 Å². The summed E-state index contributed by atoms with van der Waals surface area (Å²) in [4.78, 5) is 52.2. The number of hydrogen-bond acceptors (Lipinski definition) is 10. The summed E-state index contributed by atoms with van der Waals surface area (Å²) in [7, 11) is 0. The first-order chi connectivity index (χ1) is 37.7. The Kier molecular flexibility index (Phi) is 29.8. The average Bonchev–Trinajstić information content (AvgIpc) is 3.45. The lowest BCUT2D eigenvalue weighted by Gasteiger charge is -2.12. The fourth-order valence-electron chi connectivity index (χ4n) is 9.13. The fourth-order valence-corrected chi connectivity index (χ4v) is 9.13. The van der Waals surface area contributed by atoms with Gasteiger partial charge in [0.25, 0.3) is 0 Å². The van der Waals surface area contributed by atoms with Crippen molar-refractivity contribution < 1.29 is 47.6 Å². The second kappa shape index (κ2) is 37.4. The first-order valence-electron chi connectivity index (χ1n) is 29.4. The third-order valence-corrected chi connectivity index (χ3v) is 14.0. The molecule has 77 heavy (non-hydrogen) atoms. The summed E-state index contributed by atoms with van der Waals surface area (Å²) in [5.41, 5.74) is 1.63. The van der Waals surface area contributed by atoms with Crippen LogP contribution in [0.2, 0.25) is 0 Å². The van der Waals surface area contributed by atoms with Crippen LogP contribution in [0.15, 0.2) is 115 Å². The van der Waals surface area contributed by atoms with Gasteiger partial charge in [-0.05, 0) is 129 Å². The van der Waals surface area contributed by atoms with Crippen molar-refractivity contribution in [2.75, 3.05) is 13.2 Å². The number of carbonyl (C=O) groups excluding carboxylic acids is 4. The molecule has 0 aliphatic heterocycles. The van der Waals surface area contributed by atoms with Gasteiger partial charge in [0.05, 0.1) is 35.5 Å². The molecule has 0 N–H and O–H groups in total. The summed E-state index contributed by atoms with van der Waals surface area (Å²) in [6.45, 7) is 7.49. The van der Waals surface area contributed by atoms with Crippen molar-refractivity contribution in [1.82, 2.24) is 0 Å². The van der Waals surface area contributed by atoms with Crippen LogP contribution in [0, 0.1) is 6.92 Å². The molecule has 0 fully saturated rings. The van der Waals surface area contributed by atoms with E-state index in [2.05, 4.69) is 13.8 Å². The van der Waals surface area contributed by atoms with Crippen molar-refractivity contribution >= 4 is 23.9 Å². The van der Waals surface area contributed by atoms with Crippen LogP contribution in [0.25, 0.3) is 0 Å². The predicted molar refractivity (Wildman–Crippen MR) is 308 cm³/mol. The first-order valence-corrected chi connectivity index (χ1v) is 29.4. The van der Waals surface area contributed by atoms with Crippen LogP contribution in [0.5, 0.6) is 34.5 Å². The molecule has 5 aromatic rings. The largest absolute Gasteiger partial charge is 0.494 e. The molecule has 0 unspecified atom stereocenters. The number of ether oxygens (including phenoxy) is 6. The van der Waals surface area contributed by atoms with E-state index in [-0.39, 0.29) is 34.1 Å². The second-order valence-corrected chi connectivity index (χ2v) is 20.4. The van der Waals surface area contributed by atoms with E-state index in [4.69, 9.17) is 28.4 Å². The highest BCUT2D eigenvalue weighted by Crippen LogP contribution is 2.30. The molecule has 0 saturated heterocycles. The predicted octanol–water partition coefficient (Wildman–Crippen LogP) is 18.6. The van der Waals surface area contributed by atoms with Crippen LogP contribution in [-0.4, -0.2) is 37.1 Å². The summed E-state index contributed by atoms with van der Waals surface area (Å²) in [5.74, 6) is -0.0152. The Labute approximate surface area is 460 Å². The Hall–Kier alpha value is -6.42. The molecule has 0 aromatic heterocycles. The molecule has 416 valence electrons. The molecule has 5 aromatic carbocycles. The highest BCUT2D eigenvalue weighted by Gasteiger charge is 2.18. The molecule has 10 heteroatoms. The lowest BCUT2D eigenvalue weighted by Crippen LogP contribution is -2.12. The standard InChI is InChI=1S/C67H88O10/c1-4-6-8-10-12-14-16-18-20-22-24-26-28-30-51-72-58-43-35-54(36-44-58)64(68)74-60-47-39-56(40-48-60)66(70)76-62-33-32-34-63(53(62)3)77-67(71)57-41-49-61(50-42-57)75-65(69)55-37-45-59(46-38-55)73-52-31-29-27-25-23-21-19-17-15-13-11-9-7-5-2/h32-50H,4-31,51-52H2,1-3H3. The van der Waals surface area contributed by atoms with Gasteiger partial charge in [0.1, 0.15) is 34.5 Å². The summed E-state index contributed by atoms with van der Waals surface area (Å²) in [6.07, 6.45) is 36.7. The molecule has 0 spiro atoms. The van der Waals surface area contributed by atoms with Crippen LogP contribution >= 0.6 is 0 Å². The maximum atomic E-state index is 13.2. The number of hydrogen-bond donors (Lipinski definition) is 0. The Morgan fingerprint density at radius 1 is 0.286 bits per heavy atom. The fraction of sp³-hybridized carbons (Fsp3) is 0.493. The van der Waals surface area contributed by atoms with E-state index in [1.165, 1.54) is 203 Å². The molecule has 0 amide bonds. The lowest BCUT2D eigenvalue weighted by molar-refractivity contribution is 0.0721. The maximum Gasteiger partial charge on any atom is 0.343 e. The molecule has 0 radical (unpaired) electrons. The van der Waals surface area contributed by atoms with Crippen LogP contribution < -0.4 is 28.4 Å². The second-order valence-electron chi connectivity index (χ2n) is 20.4.